The molecule has 5 heteroatoms. The van der Waals surface area contributed by atoms with Gasteiger partial charge in [-0.25, -0.2) is 9.78 Å². The van der Waals surface area contributed by atoms with Crippen LogP contribution in [0, 0.1) is 18.8 Å². The van der Waals surface area contributed by atoms with Crippen LogP contribution in [0.25, 0.3) is 11.1 Å². The number of hydrogen-bond donors (Lipinski definition) is 1. The fourth-order valence-corrected chi connectivity index (χ4v) is 2.29. The molecule has 0 aliphatic carbocycles. The van der Waals surface area contributed by atoms with Crippen molar-refractivity contribution in [3.05, 3.63) is 65.5 Å². The van der Waals surface area contributed by atoms with Crippen LogP contribution in [0.15, 0.2) is 52.9 Å². The van der Waals surface area contributed by atoms with Gasteiger partial charge in [-0.2, -0.15) is 0 Å². The van der Waals surface area contributed by atoms with Crippen LogP contribution in [0.2, 0.25) is 0 Å². The number of rotatable bonds is 4. The predicted octanol–water partition coefficient (Wildman–Crippen LogP) is 3.80. The molecule has 1 aromatic heterocycles. The number of fused-ring (bicyclic) bond motifs is 1. The monoisotopic (exact) mass is 334 g/mol. The summed E-state index contributed by atoms with van der Waals surface area (Å²) in [5.74, 6) is 6.71. The van der Waals surface area contributed by atoms with Gasteiger partial charge >= 0.3 is 6.09 Å². The molecule has 0 bridgehead atoms. The standard InChI is InChI=1S/C20H18N2O3/c1-15-22-18-13-16(10-11-19(18)25-15)7-5-6-12-21-20(23)24-14-17-8-3-2-4-9-17/h2-4,8-11,13H,6,12,14H2,1H3,(H,21,23). The van der Waals surface area contributed by atoms with E-state index in [1.807, 2.05) is 55.5 Å². The van der Waals surface area contributed by atoms with Crippen molar-refractivity contribution in [3.63, 3.8) is 0 Å². The molecule has 1 heterocycles. The van der Waals surface area contributed by atoms with Crippen LogP contribution in [0.3, 0.4) is 0 Å². The lowest BCUT2D eigenvalue weighted by molar-refractivity contribution is 0.140. The Morgan fingerprint density at radius 2 is 2.08 bits per heavy atom. The zero-order valence-corrected chi connectivity index (χ0v) is 13.9. The molecule has 0 aliphatic rings. The van der Waals surface area contributed by atoms with Gasteiger partial charge in [-0.15, -0.1) is 0 Å². The normalized spacial score (nSPS) is 10.1. The quantitative estimate of drug-likeness (QED) is 0.582. The highest BCUT2D eigenvalue weighted by molar-refractivity contribution is 5.74. The average Bonchev–Trinajstić information content (AvgIpc) is 3.00. The Labute approximate surface area is 146 Å². The molecule has 25 heavy (non-hydrogen) atoms. The molecule has 1 N–H and O–H groups in total. The zero-order chi connectivity index (χ0) is 17.5. The van der Waals surface area contributed by atoms with E-state index in [1.54, 1.807) is 0 Å². The molecule has 0 fully saturated rings. The molecule has 0 atom stereocenters. The first-order chi connectivity index (χ1) is 12.2. The molecule has 0 saturated heterocycles. The fraction of sp³-hybridized carbons (Fsp3) is 0.200. The number of ether oxygens (including phenoxy) is 1. The second-order valence-electron chi connectivity index (χ2n) is 5.46. The van der Waals surface area contributed by atoms with Gasteiger partial charge in [0, 0.05) is 25.5 Å². The molecule has 0 spiro atoms. The summed E-state index contributed by atoms with van der Waals surface area (Å²) in [5, 5.41) is 2.68. The molecule has 2 aromatic carbocycles. The number of hydrogen-bond acceptors (Lipinski definition) is 4. The first kappa shape index (κ1) is 16.6. The lowest BCUT2D eigenvalue weighted by Crippen LogP contribution is -2.24. The Morgan fingerprint density at radius 1 is 1.24 bits per heavy atom. The Morgan fingerprint density at radius 3 is 2.92 bits per heavy atom. The van der Waals surface area contributed by atoms with Crippen molar-refractivity contribution in [2.45, 2.75) is 20.0 Å². The zero-order valence-electron chi connectivity index (χ0n) is 13.9. The van der Waals surface area contributed by atoms with Gasteiger partial charge in [0.1, 0.15) is 12.1 Å². The summed E-state index contributed by atoms with van der Waals surface area (Å²) >= 11 is 0. The maximum absolute atomic E-state index is 11.6. The van der Waals surface area contributed by atoms with Crippen LogP contribution in [-0.2, 0) is 11.3 Å². The lowest BCUT2D eigenvalue weighted by atomic mass is 10.2. The summed E-state index contributed by atoms with van der Waals surface area (Å²) in [6, 6.07) is 15.2. The van der Waals surface area contributed by atoms with Crippen molar-refractivity contribution < 1.29 is 13.9 Å². The molecular weight excluding hydrogens is 316 g/mol. The molecule has 126 valence electrons. The minimum absolute atomic E-state index is 0.259. The first-order valence-corrected chi connectivity index (χ1v) is 8.01. The third-order valence-electron chi connectivity index (χ3n) is 3.46. The van der Waals surface area contributed by atoms with Crippen molar-refractivity contribution >= 4 is 17.2 Å². The molecular formula is C20H18N2O3. The number of carbonyl (C=O) groups is 1. The minimum Gasteiger partial charge on any atom is -0.445 e. The number of oxazole rings is 1. The van der Waals surface area contributed by atoms with Crippen LogP contribution in [-0.4, -0.2) is 17.6 Å². The Kier molecular flexibility index (Phi) is 5.32. The van der Waals surface area contributed by atoms with Gasteiger partial charge in [0.15, 0.2) is 11.5 Å². The minimum atomic E-state index is -0.440. The van der Waals surface area contributed by atoms with E-state index < -0.39 is 6.09 Å². The van der Waals surface area contributed by atoms with Crippen LogP contribution >= 0.6 is 0 Å². The SMILES string of the molecule is Cc1nc2cc(C#CCCNC(=O)OCc3ccccc3)ccc2o1. The van der Waals surface area contributed by atoms with E-state index in [0.717, 1.165) is 22.2 Å². The van der Waals surface area contributed by atoms with E-state index in [0.29, 0.717) is 18.9 Å². The number of benzene rings is 2. The molecule has 3 aromatic rings. The summed E-state index contributed by atoms with van der Waals surface area (Å²) in [6.07, 6.45) is 0.0983. The molecule has 5 nitrogen and oxygen atoms in total. The van der Waals surface area contributed by atoms with Crippen LogP contribution in [0.5, 0.6) is 0 Å². The maximum atomic E-state index is 11.6. The fourth-order valence-electron chi connectivity index (χ4n) is 2.29. The van der Waals surface area contributed by atoms with Crippen LogP contribution in [0.1, 0.15) is 23.4 Å². The van der Waals surface area contributed by atoms with Crippen LogP contribution in [0.4, 0.5) is 4.79 Å². The molecule has 0 aliphatic heterocycles. The summed E-state index contributed by atoms with van der Waals surface area (Å²) in [7, 11) is 0. The Balaban J connectivity index is 1.42. The van der Waals surface area contributed by atoms with Gasteiger partial charge in [-0.3, -0.25) is 0 Å². The number of amides is 1. The summed E-state index contributed by atoms with van der Waals surface area (Å²) in [6.45, 7) is 2.51. The summed E-state index contributed by atoms with van der Waals surface area (Å²) in [4.78, 5) is 15.9. The highest BCUT2D eigenvalue weighted by Gasteiger charge is 2.02. The van der Waals surface area contributed by atoms with Gasteiger partial charge in [0.25, 0.3) is 0 Å². The van der Waals surface area contributed by atoms with Crippen molar-refractivity contribution in [3.8, 4) is 11.8 Å². The van der Waals surface area contributed by atoms with Crippen LogP contribution < -0.4 is 5.32 Å². The number of nitrogens with one attached hydrogen (secondary N) is 1. The number of alkyl carbamates (subject to hydrolysis) is 1. The van der Waals surface area contributed by atoms with Gasteiger partial charge in [0.2, 0.25) is 0 Å². The molecule has 0 radical (unpaired) electrons. The maximum Gasteiger partial charge on any atom is 0.407 e. The Hall–Kier alpha value is -3.26. The number of carbonyl (C=O) groups excluding carboxylic acids is 1. The van der Waals surface area contributed by atoms with Crippen molar-refractivity contribution in [2.75, 3.05) is 6.54 Å². The Bertz CT molecular complexity index is 920. The van der Waals surface area contributed by atoms with E-state index >= 15 is 0 Å². The lowest BCUT2D eigenvalue weighted by Gasteiger charge is -2.05. The number of nitrogens with zero attached hydrogens (tertiary/aromatic N) is 1. The van der Waals surface area contributed by atoms with Crippen molar-refractivity contribution in [1.82, 2.24) is 10.3 Å². The van der Waals surface area contributed by atoms with Crippen molar-refractivity contribution in [2.24, 2.45) is 0 Å². The van der Waals surface area contributed by atoms with E-state index in [-0.39, 0.29) is 6.61 Å². The third-order valence-corrected chi connectivity index (χ3v) is 3.46. The van der Waals surface area contributed by atoms with E-state index in [1.165, 1.54) is 0 Å². The molecule has 0 saturated carbocycles. The number of aromatic nitrogens is 1. The van der Waals surface area contributed by atoms with E-state index in [4.69, 9.17) is 9.15 Å². The molecule has 1 amide bonds. The van der Waals surface area contributed by atoms with E-state index in [2.05, 4.69) is 22.1 Å². The second kappa shape index (κ2) is 8.02. The van der Waals surface area contributed by atoms with Gasteiger partial charge in [-0.05, 0) is 23.8 Å². The summed E-state index contributed by atoms with van der Waals surface area (Å²) < 4.78 is 10.6. The molecule has 0 unspecified atom stereocenters. The largest absolute Gasteiger partial charge is 0.445 e. The van der Waals surface area contributed by atoms with Crippen molar-refractivity contribution in [1.29, 1.82) is 0 Å². The topological polar surface area (TPSA) is 64.4 Å². The first-order valence-electron chi connectivity index (χ1n) is 8.01. The predicted molar refractivity (Wildman–Crippen MR) is 94.9 cm³/mol. The third kappa shape index (κ3) is 4.85. The average molecular weight is 334 g/mol. The molecule has 3 rings (SSSR count). The van der Waals surface area contributed by atoms with Gasteiger partial charge in [0.05, 0.1) is 0 Å². The van der Waals surface area contributed by atoms with E-state index in [9.17, 15) is 4.79 Å². The highest BCUT2D eigenvalue weighted by Crippen LogP contribution is 2.16. The van der Waals surface area contributed by atoms with Gasteiger partial charge < -0.3 is 14.5 Å². The smallest absolute Gasteiger partial charge is 0.407 e. The number of aryl methyl sites for hydroxylation is 1. The highest BCUT2D eigenvalue weighted by atomic mass is 16.5. The van der Waals surface area contributed by atoms with Gasteiger partial charge in [-0.1, -0.05) is 42.2 Å². The second-order valence-corrected chi connectivity index (χ2v) is 5.46. The summed E-state index contributed by atoms with van der Waals surface area (Å²) in [5.41, 5.74) is 3.38.